The summed E-state index contributed by atoms with van der Waals surface area (Å²) in [6, 6.07) is 10.2. The van der Waals surface area contributed by atoms with E-state index in [-0.39, 0.29) is 0 Å². The normalized spacial score (nSPS) is 12.4. The largest absolute Gasteiger partial charge is 0.350 e. The predicted molar refractivity (Wildman–Crippen MR) is 67.1 cm³/mol. The number of benzene rings is 1. The van der Waals surface area contributed by atoms with Crippen LogP contribution in [0.4, 0.5) is 5.95 Å². The number of rotatable bonds is 5. The number of aromatic nitrogens is 4. The van der Waals surface area contributed by atoms with Crippen LogP contribution >= 0.6 is 0 Å². The highest BCUT2D eigenvalue weighted by atomic mass is 15.6. The lowest BCUT2D eigenvalue weighted by molar-refractivity contribution is 0.678. The second-order valence-electron chi connectivity index (χ2n) is 4.08. The molecule has 2 aromatic rings. The molecule has 0 amide bonds. The van der Waals surface area contributed by atoms with Gasteiger partial charge in [0.25, 0.3) is 0 Å². The topological polar surface area (TPSA) is 55.6 Å². The molecule has 0 aliphatic carbocycles. The maximum absolute atomic E-state index is 4.01. The first-order valence-corrected chi connectivity index (χ1v) is 5.91. The minimum Gasteiger partial charge on any atom is -0.350 e. The van der Waals surface area contributed by atoms with Crippen molar-refractivity contribution in [1.29, 1.82) is 0 Å². The van der Waals surface area contributed by atoms with Crippen molar-refractivity contribution >= 4 is 5.95 Å². The highest BCUT2D eigenvalue weighted by Crippen LogP contribution is 2.12. The number of anilines is 1. The number of hydrogen-bond donors (Lipinski definition) is 1. The van der Waals surface area contributed by atoms with E-state index in [2.05, 4.69) is 34.7 Å². The lowest BCUT2D eigenvalue weighted by atomic mass is 10.2. The van der Waals surface area contributed by atoms with Gasteiger partial charge in [-0.1, -0.05) is 36.6 Å². The number of hydrogen-bond acceptors (Lipinski definition) is 4. The Labute approximate surface area is 101 Å². The molecule has 0 saturated carbocycles. The van der Waals surface area contributed by atoms with Gasteiger partial charge >= 0.3 is 0 Å². The fourth-order valence-electron chi connectivity index (χ4n) is 1.75. The van der Waals surface area contributed by atoms with Crippen molar-refractivity contribution in [2.45, 2.75) is 32.7 Å². The maximum Gasteiger partial charge on any atom is 0.247 e. The van der Waals surface area contributed by atoms with Gasteiger partial charge in [0.2, 0.25) is 5.95 Å². The smallest absolute Gasteiger partial charge is 0.247 e. The molecule has 1 N–H and O–H groups in total. The summed E-state index contributed by atoms with van der Waals surface area (Å²) in [5.74, 6) is 0.692. The molecule has 0 aliphatic heterocycles. The zero-order valence-corrected chi connectivity index (χ0v) is 10.2. The second-order valence-corrected chi connectivity index (χ2v) is 4.08. The first-order valence-electron chi connectivity index (χ1n) is 5.91. The maximum atomic E-state index is 4.01. The molecule has 1 heterocycles. The second kappa shape index (κ2) is 5.43. The molecule has 1 aromatic carbocycles. The van der Waals surface area contributed by atoms with Gasteiger partial charge in [-0.05, 0) is 35.9 Å². The van der Waals surface area contributed by atoms with E-state index in [9.17, 15) is 0 Å². The molecule has 2 rings (SSSR count). The highest BCUT2D eigenvalue weighted by Gasteiger charge is 2.09. The molecule has 5 heteroatoms. The summed E-state index contributed by atoms with van der Waals surface area (Å²) in [5, 5.41) is 15.0. The number of nitrogens with zero attached hydrogens (tertiary/aromatic N) is 4. The fraction of sp³-hybridized carbons (Fsp3) is 0.417. The third-order valence-electron chi connectivity index (χ3n) is 2.57. The van der Waals surface area contributed by atoms with Gasteiger partial charge in [-0.3, -0.25) is 0 Å². The van der Waals surface area contributed by atoms with Gasteiger partial charge in [0.15, 0.2) is 0 Å². The summed E-state index contributed by atoms with van der Waals surface area (Å²) in [7, 11) is 0. The molecule has 0 spiro atoms. The summed E-state index contributed by atoms with van der Waals surface area (Å²) >= 11 is 0. The molecule has 1 aromatic heterocycles. The van der Waals surface area contributed by atoms with Crippen LogP contribution in [-0.4, -0.2) is 26.2 Å². The highest BCUT2D eigenvalue weighted by molar-refractivity contribution is 5.38. The number of nitrogens with one attached hydrogen (secondary N) is 1. The van der Waals surface area contributed by atoms with E-state index in [1.165, 1.54) is 0 Å². The molecule has 0 fully saturated rings. The number of tetrazole rings is 1. The molecular formula is C12H17N5. The summed E-state index contributed by atoms with van der Waals surface area (Å²) in [6.45, 7) is 4.30. The van der Waals surface area contributed by atoms with E-state index in [0.717, 1.165) is 18.5 Å². The van der Waals surface area contributed by atoms with Crippen LogP contribution in [0.5, 0.6) is 0 Å². The minimum atomic E-state index is 0.369. The average Bonchev–Trinajstić information content (AvgIpc) is 2.78. The zero-order valence-electron chi connectivity index (χ0n) is 10.2. The molecule has 5 nitrogen and oxygen atoms in total. The predicted octanol–water partition coefficient (Wildman–Crippen LogP) is 2.26. The molecule has 90 valence electrons. The minimum absolute atomic E-state index is 0.369. The fourth-order valence-corrected chi connectivity index (χ4v) is 1.75. The molecule has 0 bridgehead atoms. The summed E-state index contributed by atoms with van der Waals surface area (Å²) in [5.41, 5.74) is 0.962. The Kier molecular flexibility index (Phi) is 3.69. The Hall–Kier alpha value is -1.91. The van der Waals surface area contributed by atoms with Crippen LogP contribution in [0.25, 0.3) is 5.69 Å². The van der Waals surface area contributed by atoms with Crippen molar-refractivity contribution in [3.05, 3.63) is 30.3 Å². The first kappa shape index (κ1) is 11.6. The Morgan fingerprint density at radius 2 is 2.06 bits per heavy atom. The summed E-state index contributed by atoms with van der Waals surface area (Å²) in [4.78, 5) is 0. The van der Waals surface area contributed by atoms with Crippen molar-refractivity contribution in [1.82, 2.24) is 20.2 Å². The molecule has 17 heavy (non-hydrogen) atoms. The van der Waals surface area contributed by atoms with Crippen molar-refractivity contribution in [3.63, 3.8) is 0 Å². The number of para-hydroxylation sites is 1. The Balaban J connectivity index is 2.18. The first-order chi connectivity index (χ1) is 8.31. The van der Waals surface area contributed by atoms with Crippen molar-refractivity contribution < 1.29 is 0 Å². The van der Waals surface area contributed by atoms with Crippen molar-refractivity contribution in [3.8, 4) is 5.69 Å². The van der Waals surface area contributed by atoms with Crippen LogP contribution in [0, 0.1) is 0 Å². The lowest BCUT2D eigenvalue weighted by Crippen LogP contribution is -2.18. The summed E-state index contributed by atoms with van der Waals surface area (Å²) < 4.78 is 1.71. The van der Waals surface area contributed by atoms with E-state index in [1.807, 2.05) is 30.3 Å². The van der Waals surface area contributed by atoms with Crippen molar-refractivity contribution in [2.24, 2.45) is 0 Å². The molecule has 1 atom stereocenters. The Morgan fingerprint density at radius 1 is 1.29 bits per heavy atom. The molecule has 0 radical (unpaired) electrons. The monoisotopic (exact) mass is 231 g/mol. The molecule has 1 unspecified atom stereocenters. The van der Waals surface area contributed by atoms with Gasteiger partial charge < -0.3 is 5.32 Å². The molecule has 0 saturated heterocycles. The zero-order chi connectivity index (χ0) is 12.1. The van der Waals surface area contributed by atoms with E-state index in [4.69, 9.17) is 0 Å². The third-order valence-corrected chi connectivity index (χ3v) is 2.57. The van der Waals surface area contributed by atoms with Gasteiger partial charge in [0.1, 0.15) is 0 Å². The van der Waals surface area contributed by atoms with E-state index >= 15 is 0 Å². The van der Waals surface area contributed by atoms with Gasteiger partial charge in [0, 0.05) is 6.04 Å². The van der Waals surface area contributed by atoms with Gasteiger partial charge in [-0.2, -0.15) is 4.68 Å². The van der Waals surface area contributed by atoms with Crippen LogP contribution in [0.1, 0.15) is 26.7 Å². The van der Waals surface area contributed by atoms with E-state index < -0.39 is 0 Å². The average molecular weight is 231 g/mol. The van der Waals surface area contributed by atoms with Gasteiger partial charge in [-0.15, -0.1) is 0 Å². The van der Waals surface area contributed by atoms with E-state index in [0.29, 0.717) is 12.0 Å². The molecule has 0 aliphatic rings. The van der Waals surface area contributed by atoms with E-state index in [1.54, 1.807) is 4.68 Å². The van der Waals surface area contributed by atoms with Gasteiger partial charge in [-0.25, -0.2) is 0 Å². The van der Waals surface area contributed by atoms with Crippen LogP contribution < -0.4 is 5.32 Å². The van der Waals surface area contributed by atoms with Crippen LogP contribution in [0.3, 0.4) is 0 Å². The Morgan fingerprint density at radius 3 is 2.76 bits per heavy atom. The SMILES string of the molecule is CCCC(C)Nc1nnnn1-c1ccccc1. The van der Waals surface area contributed by atoms with Crippen molar-refractivity contribution in [2.75, 3.05) is 5.32 Å². The Bertz CT molecular complexity index is 451. The van der Waals surface area contributed by atoms with Gasteiger partial charge in [0.05, 0.1) is 5.69 Å². The standard InChI is InChI=1S/C12H17N5/c1-3-7-10(2)13-12-14-15-16-17(12)11-8-5-4-6-9-11/h4-6,8-10H,3,7H2,1-2H3,(H,13,14,16). The lowest BCUT2D eigenvalue weighted by Gasteiger charge is -2.13. The quantitative estimate of drug-likeness (QED) is 0.857. The summed E-state index contributed by atoms with van der Waals surface area (Å²) in [6.07, 6.45) is 2.24. The van der Waals surface area contributed by atoms with Crippen LogP contribution in [0.15, 0.2) is 30.3 Å². The van der Waals surface area contributed by atoms with Crippen LogP contribution in [-0.2, 0) is 0 Å². The van der Waals surface area contributed by atoms with Crippen LogP contribution in [0.2, 0.25) is 0 Å². The third kappa shape index (κ3) is 2.81. The molecular weight excluding hydrogens is 214 g/mol.